The third-order valence-electron chi connectivity index (χ3n) is 4.58. The highest BCUT2D eigenvalue weighted by atomic mass is 16.5. The summed E-state index contributed by atoms with van der Waals surface area (Å²) < 4.78 is 5.81. The van der Waals surface area contributed by atoms with E-state index in [1.54, 1.807) is 19.0 Å². The van der Waals surface area contributed by atoms with Crippen LogP contribution in [-0.4, -0.2) is 50.6 Å². The molecule has 0 aliphatic rings. The number of amides is 1. The van der Waals surface area contributed by atoms with Gasteiger partial charge in [0.1, 0.15) is 12.4 Å². The first-order chi connectivity index (χ1) is 14.4. The predicted octanol–water partition coefficient (Wildman–Crippen LogP) is 3.65. The Kier molecular flexibility index (Phi) is 9.19. The summed E-state index contributed by atoms with van der Waals surface area (Å²) in [5.41, 5.74) is 3.03. The number of benzene rings is 2. The van der Waals surface area contributed by atoms with E-state index >= 15 is 0 Å². The van der Waals surface area contributed by atoms with Crippen molar-refractivity contribution < 1.29 is 9.53 Å². The topological polar surface area (TPSA) is 66.0 Å². The highest BCUT2D eigenvalue weighted by Crippen LogP contribution is 2.18. The van der Waals surface area contributed by atoms with Gasteiger partial charge >= 0.3 is 0 Å². The number of nitrogens with zero attached hydrogens (tertiary/aromatic N) is 2. The molecule has 162 valence electrons. The number of guanidine groups is 1. The zero-order chi connectivity index (χ0) is 21.9. The first kappa shape index (κ1) is 23.3. The molecule has 0 fully saturated rings. The zero-order valence-corrected chi connectivity index (χ0v) is 18.7. The summed E-state index contributed by atoms with van der Waals surface area (Å²) in [4.78, 5) is 18.2. The van der Waals surface area contributed by atoms with E-state index < -0.39 is 0 Å². The minimum absolute atomic E-state index is 0.00102. The van der Waals surface area contributed by atoms with Crippen molar-refractivity contribution in [2.75, 3.05) is 33.8 Å². The Balaban J connectivity index is 1.83. The summed E-state index contributed by atoms with van der Waals surface area (Å²) in [6, 6.07) is 15.8. The van der Waals surface area contributed by atoms with Crippen molar-refractivity contribution in [3.8, 4) is 5.75 Å². The van der Waals surface area contributed by atoms with E-state index in [9.17, 15) is 4.79 Å². The van der Waals surface area contributed by atoms with Gasteiger partial charge in [-0.15, -0.1) is 0 Å². The Hall–Kier alpha value is -3.02. The molecule has 0 saturated carbocycles. The zero-order valence-electron chi connectivity index (χ0n) is 18.7. The standard InChI is InChI=1S/C24H34N4O2/c1-6-25-24(26-15-16-30-22-13-11-20(12-14-22)18(2)3)27-17-19-7-9-21(10-8-19)23(29)28(4)5/h7-14,18H,6,15-17H2,1-5H3,(H2,25,26,27). The van der Waals surface area contributed by atoms with Crippen LogP contribution in [0.15, 0.2) is 53.5 Å². The maximum absolute atomic E-state index is 12.0. The molecule has 2 aromatic rings. The normalized spacial score (nSPS) is 11.3. The summed E-state index contributed by atoms with van der Waals surface area (Å²) in [5.74, 6) is 2.13. The molecule has 30 heavy (non-hydrogen) atoms. The molecule has 0 spiro atoms. The minimum atomic E-state index is -0.00102. The molecule has 0 heterocycles. The monoisotopic (exact) mass is 410 g/mol. The van der Waals surface area contributed by atoms with Gasteiger partial charge in [0, 0.05) is 26.2 Å². The predicted molar refractivity (Wildman–Crippen MR) is 123 cm³/mol. The lowest BCUT2D eigenvalue weighted by Crippen LogP contribution is -2.39. The van der Waals surface area contributed by atoms with E-state index in [-0.39, 0.29) is 5.91 Å². The number of carbonyl (C=O) groups excluding carboxylic acids is 1. The van der Waals surface area contributed by atoms with Crippen LogP contribution in [0.4, 0.5) is 0 Å². The second kappa shape index (κ2) is 11.9. The summed E-state index contributed by atoms with van der Waals surface area (Å²) in [7, 11) is 3.50. The number of hydrogen-bond donors (Lipinski definition) is 2. The van der Waals surface area contributed by atoms with Crippen LogP contribution in [0.2, 0.25) is 0 Å². The number of aliphatic imine (C=N–C) groups is 1. The van der Waals surface area contributed by atoms with Crippen molar-refractivity contribution in [1.29, 1.82) is 0 Å². The third kappa shape index (κ3) is 7.43. The highest BCUT2D eigenvalue weighted by Gasteiger charge is 2.07. The molecule has 0 atom stereocenters. The third-order valence-corrected chi connectivity index (χ3v) is 4.58. The lowest BCUT2D eigenvalue weighted by molar-refractivity contribution is 0.0827. The summed E-state index contributed by atoms with van der Waals surface area (Å²) >= 11 is 0. The molecular weight excluding hydrogens is 376 g/mol. The van der Waals surface area contributed by atoms with E-state index in [0.717, 1.165) is 23.8 Å². The second-order valence-corrected chi connectivity index (χ2v) is 7.59. The van der Waals surface area contributed by atoms with E-state index in [0.29, 0.717) is 31.2 Å². The fraction of sp³-hybridized carbons (Fsp3) is 0.417. The maximum Gasteiger partial charge on any atom is 0.253 e. The first-order valence-electron chi connectivity index (χ1n) is 10.5. The van der Waals surface area contributed by atoms with Gasteiger partial charge in [-0.1, -0.05) is 38.1 Å². The molecule has 0 unspecified atom stereocenters. The molecule has 0 bridgehead atoms. The molecular formula is C24H34N4O2. The van der Waals surface area contributed by atoms with Crippen molar-refractivity contribution in [3.05, 3.63) is 65.2 Å². The highest BCUT2D eigenvalue weighted by molar-refractivity contribution is 5.93. The van der Waals surface area contributed by atoms with Crippen molar-refractivity contribution in [2.45, 2.75) is 33.2 Å². The molecule has 6 heteroatoms. The number of carbonyl (C=O) groups is 1. The average Bonchev–Trinajstić information content (AvgIpc) is 2.75. The van der Waals surface area contributed by atoms with Gasteiger partial charge < -0.3 is 20.3 Å². The number of rotatable bonds is 9. The van der Waals surface area contributed by atoms with Gasteiger partial charge in [0.25, 0.3) is 5.91 Å². The summed E-state index contributed by atoms with van der Waals surface area (Å²) in [6.45, 7) is 8.90. The lowest BCUT2D eigenvalue weighted by Gasteiger charge is -2.13. The fourth-order valence-electron chi connectivity index (χ4n) is 2.81. The first-order valence-corrected chi connectivity index (χ1v) is 10.5. The molecule has 6 nitrogen and oxygen atoms in total. The largest absolute Gasteiger partial charge is 0.492 e. The number of nitrogens with one attached hydrogen (secondary N) is 2. The van der Waals surface area contributed by atoms with Gasteiger partial charge in [-0.3, -0.25) is 4.79 Å². The van der Waals surface area contributed by atoms with Gasteiger partial charge in [-0.2, -0.15) is 0 Å². The Morgan fingerprint density at radius 2 is 1.70 bits per heavy atom. The fourth-order valence-corrected chi connectivity index (χ4v) is 2.81. The van der Waals surface area contributed by atoms with Crippen LogP contribution in [0, 0.1) is 0 Å². The van der Waals surface area contributed by atoms with Crippen LogP contribution in [-0.2, 0) is 6.54 Å². The summed E-state index contributed by atoms with van der Waals surface area (Å²) in [6.07, 6.45) is 0. The van der Waals surface area contributed by atoms with E-state index in [2.05, 4.69) is 41.6 Å². The van der Waals surface area contributed by atoms with Crippen LogP contribution in [0.5, 0.6) is 5.75 Å². The molecule has 2 rings (SSSR count). The average molecular weight is 411 g/mol. The van der Waals surface area contributed by atoms with Crippen LogP contribution in [0.1, 0.15) is 48.2 Å². The van der Waals surface area contributed by atoms with E-state index in [1.807, 2.05) is 43.3 Å². The number of hydrogen-bond acceptors (Lipinski definition) is 3. The van der Waals surface area contributed by atoms with Gasteiger partial charge in [0.05, 0.1) is 13.1 Å². The van der Waals surface area contributed by atoms with Crippen molar-refractivity contribution in [3.63, 3.8) is 0 Å². The smallest absolute Gasteiger partial charge is 0.253 e. The Labute approximate surface area is 180 Å². The van der Waals surface area contributed by atoms with Gasteiger partial charge in [-0.05, 0) is 48.2 Å². The molecule has 0 aliphatic carbocycles. The summed E-state index contributed by atoms with van der Waals surface area (Å²) in [5, 5.41) is 6.53. The van der Waals surface area contributed by atoms with Crippen LogP contribution < -0.4 is 15.4 Å². The molecule has 2 N–H and O–H groups in total. The molecule has 0 saturated heterocycles. The lowest BCUT2D eigenvalue weighted by atomic mass is 10.0. The molecule has 2 aromatic carbocycles. The van der Waals surface area contributed by atoms with Crippen LogP contribution >= 0.6 is 0 Å². The Bertz CT molecular complexity index is 812. The van der Waals surface area contributed by atoms with Crippen molar-refractivity contribution >= 4 is 11.9 Å². The van der Waals surface area contributed by atoms with Crippen LogP contribution in [0.3, 0.4) is 0 Å². The van der Waals surface area contributed by atoms with E-state index in [1.165, 1.54) is 5.56 Å². The van der Waals surface area contributed by atoms with E-state index in [4.69, 9.17) is 4.74 Å². The quantitative estimate of drug-likeness (QED) is 0.376. The molecule has 0 aromatic heterocycles. The second-order valence-electron chi connectivity index (χ2n) is 7.59. The minimum Gasteiger partial charge on any atom is -0.492 e. The Morgan fingerprint density at radius 1 is 1.03 bits per heavy atom. The maximum atomic E-state index is 12.0. The van der Waals surface area contributed by atoms with Gasteiger partial charge in [0.15, 0.2) is 5.96 Å². The van der Waals surface area contributed by atoms with Crippen molar-refractivity contribution in [2.24, 2.45) is 4.99 Å². The number of ether oxygens (including phenoxy) is 1. The van der Waals surface area contributed by atoms with Gasteiger partial charge in [-0.25, -0.2) is 4.99 Å². The molecule has 1 amide bonds. The van der Waals surface area contributed by atoms with Crippen LogP contribution in [0.25, 0.3) is 0 Å². The Morgan fingerprint density at radius 3 is 2.27 bits per heavy atom. The SMILES string of the molecule is CCNC(=NCc1ccc(C(=O)N(C)C)cc1)NCCOc1ccc(C(C)C)cc1. The molecule has 0 radical (unpaired) electrons. The molecule has 0 aliphatic heterocycles. The van der Waals surface area contributed by atoms with Crippen molar-refractivity contribution in [1.82, 2.24) is 15.5 Å². The van der Waals surface area contributed by atoms with Gasteiger partial charge in [0.2, 0.25) is 0 Å².